The number of carbonyl (C=O) groups excluding carboxylic acids is 1. The fourth-order valence-electron chi connectivity index (χ4n) is 3.70. The normalized spacial score (nSPS) is 11.4. The van der Waals surface area contributed by atoms with E-state index in [2.05, 4.69) is 12.2 Å². The standard InChI is InChI=1S/C35H69NO16/c1-2-3-8-40-10-12-42-14-16-44-18-20-46-22-24-48-26-28-50-30-32-52-33-31-51-29-27-49-25-23-47-21-19-45-17-15-43-13-11-41-9-4-7-36-34(37)5-6-35(38)39/h2-33H2,1H3,(H,36,37)(H,38,39). The zero-order chi connectivity index (χ0) is 37.7. The van der Waals surface area contributed by atoms with E-state index in [4.69, 9.17) is 66.7 Å². The van der Waals surface area contributed by atoms with E-state index < -0.39 is 5.97 Å². The quantitative estimate of drug-likeness (QED) is 0.0847. The second-order valence-electron chi connectivity index (χ2n) is 10.9. The summed E-state index contributed by atoms with van der Waals surface area (Å²) < 4.78 is 70.9. The minimum absolute atomic E-state index is 0.0111. The van der Waals surface area contributed by atoms with Crippen molar-refractivity contribution in [2.45, 2.75) is 39.0 Å². The molecule has 0 aliphatic carbocycles. The van der Waals surface area contributed by atoms with Crippen LogP contribution >= 0.6 is 0 Å². The lowest BCUT2D eigenvalue weighted by Crippen LogP contribution is -2.25. The summed E-state index contributed by atoms with van der Waals surface area (Å²) in [6.45, 7) is 16.0. The Balaban J connectivity index is 3.08. The molecular weight excluding hydrogens is 690 g/mol. The molecule has 0 aliphatic heterocycles. The molecule has 0 aliphatic rings. The predicted octanol–water partition coefficient (Wildman–Crippen LogP) is 1.37. The number of nitrogens with one attached hydrogen (secondary N) is 1. The van der Waals surface area contributed by atoms with Gasteiger partial charge in [-0.15, -0.1) is 0 Å². The summed E-state index contributed by atoms with van der Waals surface area (Å²) in [5, 5.41) is 11.2. The molecule has 0 spiro atoms. The molecule has 0 aromatic rings. The van der Waals surface area contributed by atoms with Crippen molar-refractivity contribution in [1.82, 2.24) is 5.32 Å². The van der Waals surface area contributed by atoms with E-state index in [0.717, 1.165) is 19.4 Å². The van der Waals surface area contributed by atoms with Crippen LogP contribution in [0.2, 0.25) is 0 Å². The van der Waals surface area contributed by atoms with Crippen LogP contribution in [0.15, 0.2) is 0 Å². The average Bonchev–Trinajstić information content (AvgIpc) is 3.14. The molecule has 0 atom stereocenters. The van der Waals surface area contributed by atoms with Gasteiger partial charge in [-0.05, 0) is 12.8 Å². The van der Waals surface area contributed by atoms with Crippen LogP contribution in [0, 0.1) is 0 Å². The summed E-state index contributed by atoms with van der Waals surface area (Å²) in [5.41, 5.74) is 0. The van der Waals surface area contributed by atoms with Crippen molar-refractivity contribution < 1.29 is 76.3 Å². The zero-order valence-electron chi connectivity index (χ0n) is 31.7. The molecule has 0 saturated carbocycles. The average molecular weight is 760 g/mol. The topological polar surface area (TPSA) is 186 Å². The molecule has 0 unspecified atom stereocenters. The Morgan fingerprint density at radius 2 is 0.596 bits per heavy atom. The number of rotatable bonds is 46. The molecule has 0 aromatic carbocycles. The lowest BCUT2D eigenvalue weighted by Gasteiger charge is -2.09. The number of aliphatic carboxylic acids is 1. The van der Waals surface area contributed by atoms with E-state index in [-0.39, 0.29) is 18.7 Å². The van der Waals surface area contributed by atoms with Crippen LogP contribution in [-0.4, -0.2) is 195 Å². The molecule has 0 saturated heterocycles. The first-order valence-electron chi connectivity index (χ1n) is 18.7. The van der Waals surface area contributed by atoms with Crippen LogP contribution in [0.25, 0.3) is 0 Å². The van der Waals surface area contributed by atoms with E-state index in [0.29, 0.717) is 178 Å². The number of hydrogen-bond acceptors (Lipinski definition) is 15. The summed E-state index contributed by atoms with van der Waals surface area (Å²) in [5.74, 6) is -1.25. The van der Waals surface area contributed by atoms with Gasteiger partial charge >= 0.3 is 5.97 Å². The molecule has 2 N–H and O–H groups in total. The van der Waals surface area contributed by atoms with Crippen molar-refractivity contribution in [2.24, 2.45) is 0 Å². The van der Waals surface area contributed by atoms with Crippen LogP contribution in [0.3, 0.4) is 0 Å². The van der Waals surface area contributed by atoms with Gasteiger partial charge in [0, 0.05) is 26.2 Å². The Hall–Kier alpha value is -1.58. The largest absolute Gasteiger partial charge is 0.481 e. The van der Waals surface area contributed by atoms with Gasteiger partial charge in [-0.3, -0.25) is 9.59 Å². The number of carboxylic acid groups (broad SMARTS) is 1. The molecule has 0 aromatic heterocycles. The predicted molar refractivity (Wildman–Crippen MR) is 190 cm³/mol. The first kappa shape index (κ1) is 50.4. The maximum atomic E-state index is 11.4. The maximum Gasteiger partial charge on any atom is 0.303 e. The summed E-state index contributed by atoms with van der Waals surface area (Å²) >= 11 is 0. The van der Waals surface area contributed by atoms with Gasteiger partial charge in [-0.25, -0.2) is 0 Å². The second-order valence-corrected chi connectivity index (χ2v) is 10.9. The van der Waals surface area contributed by atoms with Gasteiger partial charge in [0.1, 0.15) is 0 Å². The number of amides is 1. The summed E-state index contributed by atoms with van der Waals surface area (Å²) in [6.07, 6.45) is 2.70. The Kier molecular flexibility index (Phi) is 44.2. The van der Waals surface area contributed by atoms with Gasteiger partial charge in [-0.1, -0.05) is 13.3 Å². The highest BCUT2D eigenvalue weighted by molar-refractivity contribution is 5.80. The van der Waals surface area contributed by atoms with E-state index in [1.54, 1.807) is 0 Å². The zero-order valence-corrected chi connectivity index (χ0v) is 31.7. The molecule has 52 heavy (non-hydrogen) atoms. The van der Waals surface area contributed by atoms with Crippen LogP contribution in [-0.2, 0) is 71.2 Å². The Labute approximate surface area is 310 Å². The molecule has 17 heteroatoms. The van der Waals surface area contributed by atoms with Crippen molar-refractivity contribution >= 4 is 11.9 Å². The van der Waals surface area contributed by atoms with Crippen LogP contribution in [0.1, 0.15) is 39.0 Å². The second kappa shape index (κ2) is 45.6. The third-order valence-electron chi connectivity index (χ3n) is 6.46. The van der Waals surface area contributed by atoms with E-state index in [1.165, 1.54) is 0 Å². The molecule has 1 amide bonds. The molecule has 0 heterocycles. The highest BCUT2D eigenvalue weighted by atomic mass is 16.6. The van der Waals surface area contributed by atoms with E-state index in [9.17, 15) is 9.59 Å². The van der Waals surface area contributed by atoms with Gasteiger partial charge in [0.15, 0.2) is 0 Å². The van der Waals surface area contributed by atoms with Crippen molar-refractivity contribution in [3.05, 3.63) is 0 Å². The summed E-state index contributed by atoms with van der Waals surface area (Å²) in [7, 11) is 0. The van der Waals surface area contributed by atoms with E-state index >= 15 is 0 Å². The summed E-state index contributed by atoms with van der Waals surface area (Å²) in [4.78, 5) is 21.8. The lowest BCUT2D eigenvalue weighted by atomic mass is 10.3. The van der Waals surface area contributed by atoms with Crippen LogP contribution < -0.4 is 5.32 Å². The molecular formula is C35H69NO16. The minimum atomic E-state index is -0.983. The first-order valence-corrected chi connectivity index (χ1v) is 18.7. The maximum absolute atomic E-state index is 11.4. The molecule has 310 valence electrons. The van der Waals surface area contributed by atoms with Crippen molar-refractivity contribution in [3.63, 3.8) is 0 Å². The van der Waals surface area contributed by atoms with Crippen LogP contribution in [0.4, 0.5) is 0 Å². The molecule has 0 bridgehead atoms. The van der Waals surface area contributed by atoms with Crippen molar-refractivity contribution in [2.75, 3.05) is 178 Å². The highest BCUT2D eigenvalue weighted by Gasteiger charge is 2.04. The van der Waals surface area contributed by atoms with Gasteiger partial charge in [-0.2, -0.15) is 0 Å². The summed E-state index contributed by atoms with van der Waals surface area (Å²) in [6, 6.07) is 0. The van der Waals surface area contributed by atoms with E-state index in [1.807, 2.05) is 0 Å². The molecule has 0 fully saturated rings. The first-order chi connectivity index (χ1) is 25.7. The Morgan fingerprint density at radius 3 is 0.827 bits per heavy atom. The number of unbranched alkanes of at least 4 members (excludes halogenated alkanes) is 1. The molecule has 17 nitrogen and oxygen atoms in total. The van der Waals surface area contributed by atoms with Gasteiger partial charge in [0.05, 0.1) is 165 Å². The molecule has 0 radical (unpaired) electrons. The number of ether oxygens (including phenoxy) is 13. The number of carboxylic acids is 1. The molecule has 0 rings (SSSR count). The van der Waals surface area contributed by atoms with Crippen molar-refractivity contribution in [3.8, 4) is 0 Å². The Bertz CT molecular complexity index is 724. The monoisotopic (exact) mass is 759 g/mol. The third-order valence-corrected chi connectivity index (χ3v) is 6.46. The lowest BCUT2D eigenvalue weighted by molar-refractivity contribution is -0.138. The number of carbonyl (C=O) groups is 2. The van der Waals surface area contributed by atoms with Crippen LogP contribution in [0.5, 0.6) is 0 Å². The Morgan fingerprint density at radius 1 is 0.365 bits per heavy atom. The van der Waals surface area contributed by atoms with Gasteiger partial charge in [0.25, 0.3) is 0 Å². The third kappa shape index (κ3) is 46.4. The minimum Gasteiger partial charge on any atom is -0.481 e. The van der Waals surface area contributed by atoms with Gasteiger partial charge in [0.2, 0.25) is 5.91 Å². The van der Waals surface area contributed by atoms with Crippen molar-refractivity contribution in [1.29, 1.82) is 0 Å². The smallest absolute Gasteiger partial charge is 0.303 e. The highest BCUT2D eigenvalue weighted by Crippen LogP contribution is 1.91. The SMILES string of the molecule is CCCCOCCOCCOCCOCCOCCOCCOCCOCCOCCOCCOCCOCCOCCCNC(=O)CCC(=O)O. The van der Waals surface area contributed by atoms with Gasteiger partial charge < -0.3 is 72.0 Å². The number of hydrogen-bond donors (Lipinski definition) is 2. The fourth-order valence-corrected chi connectivity index (χ4v) is 3.70. The fraction of sp³-hybridized carbons (Fsp3) is 0.943.